The maximum Gasteiger partial charge on any atom is 0.315 e. The smallest absolute Gasteiger partial charge is 0.315 e. The van der Waals surface area contributed by atoms with Gasteiger partial charge in [-0.2, -0.15) is 0 Å². The minimum absolute atomic E-state index is 0.0741. The first-order valence-corrected chi connectivity index (χ1v) is 7.02. The zero-order valence-corrected chi connectivity index (χ0v) is 11.7. The number of ether oxygens (including phenoxy) is 1. The van der Waals surface area contributed by atoms with E-state index in [0.29, 0.717) is 32.2 Å². The molecule has 3 N–H and O–H groups in total. The molecule has 0 aromatic rings. The highest BCUT2D eigenvalue weighted by molar-refractivity contribution is 5.78. The summed E-state index contributed by atoms with van der Waals surface area (Å²) >= 11 is 0. The van der Waals surface area contributed by atoms with Gasteiger partial charge >= 0.3 is 6.03 Å². The SMILES string of the molecule is COCCNC(=O)CCNC(=O)NC1CCCCC1. The summed E-state index contributed by atoms with van der Waals surface area (Å²) in [6, 6.07) is 0.126. The van der Waals surface area contributed by atoms with Crippen molar-refractivity contribution in [1.82, 2.24) is 16.0 Å². The Labute approximate surface area is 114 Å². The number of methoxy groups -OCH3 is 1. The first kappa shape index (κ1) is 15.8. The summed E-state index contributed by atoms with van der Waals surface area (Å²) < 4.78 is 4.83. The van der Waals surface area contributed by atoms with Gasteiger partial charge in [-0.25, -0.2) is 4.79 Å². The van der Waals surface area contributed by atoms with Crippen LogP contribution in [0.25, 0.3) is 0 Å². The first-order valence-electron chi connectivity index (χ1n) is 7.02. The van der Waals surface area contributed by atoms with Gasteiger partial charge in [0, 0.05) is 32.7 Å². The molecule has 0 heterocycles. The maximum atomic E-state index is 11.6. The van der Waals surface area contributed by atoms with Gasteiger partial charge < -0.3 is 20.7 Å². The predicted molar refractivity (Wildman–Crippen MR) is 72.9 cm³/mol. The lowest BCUT2D eigenvalue weighted by Gasteiger charge is -2.22. The van der Waals surface area contributed by atoms with Crippen LogP contribution in [0, 0.1) is 0 Å². The van der Waals surface area contributed by atoms with Crippen molar-refractivity contribution >= 4 is 11.9 Å². The van der Waals surface area contributed by atoms with E-state index in [-0.39, 0.29) is 11.9 Å². The standard InChI is InChI=1S/C13H25N3O3/c1-19-10-9-14-12(17)7-8-15-13(18)16-11-5-3-2-4-6-11/h11H,2-10H2,1H3,(H,14,17)(H2,15,16,18). The average Bonchev–Trinajstić information content (AvgIpc) is 2.40. The van der Waals surface area contributed by atoms with Crippen molar-refractivity contribution < 1.29 is 14.3 Å². The van der Waals surface area contributed by atoms with Crippen molar-refractivity contribution in [3.05, 3.63) is 0 Å². The predicted octanol–water partition coefficient (Wildman–Crippen LogP) is 0.771. The largest absolute Gasteiger partial charge is 0.383 e. The Morgan fingerprint density at radius 3 is 2.53 bits per heavy atom. The Hall–Kier alpha value is -1.30. The first-order chi connectivity index (χ1) is 9.22. The number of amides is 3. The summed E-state index contributed by atoms with van der Waals surface area (Å²) in [5.74, 6) is -0.0741. The van der Waals surface area contributed by atoms with Gasteiger partial charge in [0.25, 0.3) is 0 Å². The number of hydrogen-bond donors (Lipinski definition) is 3. The van der Waals surface area contributed by atoms with Gasteiger partial charge in [-0.05, 0) is 12.8 Å². The molecule has 0 aliphatic heterocycles. The molecule has 1 saturated carbocycles. The van der Waals surface area contributed by atoms with E-state index in [0.717, 1.165) is 12.8 Å². The van der Waals surface area contributed by atoms with Crippen LogP contribution < -0.4 is 16.0 Å². The zero-order chi connectivity index (χ0) is 13.9. The van der Waals surface area contributed by atoms with Crippen molar-refractivity contribution in [1.29, 1.82) is 0 Å². The highest BCUT2D eigenvalue weighted by Crippen LogP contribution is 2.16. The fourth-order valence-corrected chi connectivity index (χ4v) is 2.15. The maximum absolute atomic E-state index is 11.6. The molecule has 1 rings (SSSR count). The van der Waals surface area contributed by atoms with Crippen molar-refractivity contribution in [3.8, 4) is 0 Å². The molecule has 0 radical (unpaired) electrons. The summed E-state index contributed by atoms with van der Waals surface area (Å²) in [4.78, 5) is 22.9. The number of carbonyl (C=O) groups is 2. The van der Waals surface area contributed by atoms with E-state index >= 15 is 0 Å². The van der Waals surface area contributed by atoms with E-state index in [1.54, 1.807) is 7.11 Å². The molecule has 3 amide bonds. The minimum atomic E-state index is -0.170. The summed E-state index contributed by atoms with van der Waals surface area (Å²) in [7, 11) is 1.59. The summed E-state index contributed by atoms with van der Waals surface area (Å²) in [5, 5.41) is 8.36. The van der Waals surface area contributed by atoms with Crippen LogP contribution in [0.5, 0.6) is 0 Å². The molecule has 19 heavy (non-hydrogen) atoms. The van der Waals surface area contributed by atoms with Gasteiger partial charge in [-0.3, -0.25) is 4.79 Å². The van der Waals surface area contributed by atoms with Crippen LogP contribution in [0.2, 0.25) is 0 Å². The zero-order valence-electron chi connectivity index (χ0n) is 11.7. The molecule has 1 fully saturated rings. The van der Waals surface area contributed by atoms with E-state index < -0.39 is 0 Å². The molecule has 0 saturated heterocycles. The third kappa shape index (κ3) is 7.66. The number of urea groups is 1. The highest BCUT2D eigenvalue weighted by atomic mass is 16.5. The molecule has 0 aromatic carbocycles. The topological polar surface area (TPSA) is 79.5 Å². The van der Waals surface area contributed by atoms with Gasteiger partial charge in [0.05, 0.1) is 6.61 Å². The lowest BCUT2D eigenvalue weighted by molar-refractivity contribution is -0.121. The molecule has 6 nitrogen and oxygen atoms in total. The molecule has 6 heteroatoms. The van der Waals surface area contributed by atoms with Crippen LogP contribution in [-0.4, -0.2) is 44.8 Å². The van der Waals surface area contributed by atoms with Crippen LogP contribution in [0.1, 0.15) is 38.5 Å². The second-order valence-electron chi connectivity index (χ2n) is 4.83. The molecule has 0 unspecified atom stereocenters. The number of hydrogen-bond acceptors (Lipinski definition) is 3. The molecule has 0 spiro atoms. The average molecular weight is 271 g/mol. The summed E-state index contributed by atoms with van der Waals surface area (Å²) in [6.45, 7) is 1.36. The normalized spacial score (nSPS) is 15.8. The van der Waals surface area contributed by atoms with E-state index in [1.165, 1.54) is 19.3 Å². The molecule has 1 aliphatic rings. The van der Waals surface area contributed by atoms with E-state index in [9.17, 15) is 9.59 Å². The van der Waals surface area contributed by atoms with Crippen molar-refractivity contribution in [2.75, 3.05) is 26.8 Å². The lowest BCUT2D eigenvalue weighted by atomic mass is 9.96. The van der Waals surface area contributed by atoms with Crippen molar-refractivity contribution in [3.63, 3.8) is 0 Å². The van der Waals surface area contributed by atoms with Crippen LogP contribution in [0.3, 0.4) is 0 Å². The van der Waals surface area contributed by atoms with Crippen LogP contribution >= 0.6 is 0 Å². The number of carbonyl (C=O) groups excluding carboxylic acids is 2. The van der Waals surface area contributed by atoms with Gasteiger partial charge in [-0.15, -0.1) is 0 Å². The number of rotatable bonds is 7. The van der Waals surface area contributed by atoms with Gasteiger partial charge in [-0.1, -0.05) is 19.3 Å². The molecule has 0 atom stereocenters. The van der Waals surface area contributed by atoms with Gasteiger partial charge in [0.1, 0.15) is 0 Å². The van der Waals surface area contributed by atoms with Crippen LogP contribution in [0.4, 0.5) is 4.79 Å². The number of nitrogens with one attached hydrogen (secondary N) is 3. The second-order valence-corrected chi connectivity index (χ2v) is 4.83. The molecule has 0 aromatic heterocycles. The van der Waals surface area contributed by atoms with Crippen molar-refractivity contribution in [2.45, 2.75) is 44.6 Å². The Kier molecular flexibility index (Phi) is 7.97. The van der Waals surface area contributed by atoms with E-state index in [2.05, 4.69) is 16.0 Å². The highest BCUT2D eigenvalue weighted by Gasteiger charge is 2.15. The third-order valence-electron chi connectivity index (χ3n) is 3.21. The monoisotopic (exact) mass is 271 g/mol. The molecule has 110 valence electrons. The molecule has 0 bridgehead atoms. The molecule has 1 aliphatic carbocycles. The Bertz CT molecular complexity index is 278. The molecular weight excluding hydrogens is 246 g/mol. The Balaban J connectivity index is 2.01. The fraction of sp³-hybridized carbons (Fsp3) is 0.846. The van der Waals surface area contributed by atoms with Crippen molar-refractivity contribution in [2.24, 2.45) is 0 Å². The van der Waals surface area contributed by atoms with E-state index in [4.69, 9.17) is 4.74 Å². The van der Waals surface area contributed by atoms with E-state index in [1.807, 2.05) is 0 Å². The van der Waals surface area contributed by atoms with Gasteiger partial charge in [0.2, 0.25) is 5.91 Å². The Morgan fingerprint density at radius 2 is 1.84 bits per heavy atom. The fourth-order valence-electron chi connectivity index (χ4n) is 2.15. The summed E-state index contributed by atoms with van der Waals surface area (Å²) in [6.07, 6.45) is 6.05. The minimum Gasteiger partial charge on any atom is -0.383 e. The Morgan fingerprint density at radius 1 is 1.11 bits per heavy atom. The molecular formula is C13H25N3O3. The quantitative estimate of drug-likeness (QED) is 0.598. The second kappa shape index (κ2) is 9.61. The third-order valence-corrected chi connectivity index (χ3v) is 3.21. The lowest BCUT2D eigenvalue weighted by Crippen LogP contribution is -2.43. The van der Waals surface area contributed by atoms with Gasteiger partial charge in [0.15, 0.2) is 0 Å². The summed E-state index contributed by atoms with van der Waals surface area (Å²) in [5.41, 5.74) is 0. The van der Waals surface area contributed by atoms with Crippen LogP contribution in [0.15, 0.2) is 0 Å². The van der Waals surface area contributed by atoms with Crippen LogP contribution in [-0.2, 0) is 9.53 Å².